The number of hydrogen-bond acceptors (Lipinski definition) is 4. The van der Waals surface area contributed by atoms with Crippen molar-refractivity contribution < 1.29 is 0 Å². The van der Waals surface area contributed by atoms with Gasteiger partial charge in [-0.3, -0.25) is 4.90 Å². The fourth-order valence-corrected chi connectivity index (χ4v) is 4.38. The minimum atomic E-state index is 0.985. The van der Waals surface area contributed by atoms with Gasteiger partial charge in [-0.1, -0.05) is 19.3 Å². The summed E-state index contributed by atoms with van der Waals surface area (Å²) in [4.78, 5) is 8.15. The Morgan fingerprint density at radius 3 is 2.09 bits per heavy atom. The van der Waals surface area contributed by atoms with Crippen molar-refractivity contribution >= 4 is 0 Å². The molecule has 0 aromatic carbocycles. The number of nitrogens with one attached hydrogen (secondary N) is 1. The maximum Gasteiger partial charge on any atom is 0.0110 e. The molecule has 2 bridgehead atoms. The normalized spacial score (nSPS) is 33.8. The zero-order valence-corrected chi connectivity index (χ0v) is 14.4. The molecule has 2 atom stereocenters. The van der Waals surface area contributed by atoms with Gasteiger partial charge < -0.3 is 15.1 Å². The van der Waals surface area contributed by atoms with E-state index in [1.54, 1.807) is 0 Å². The first-order valence-corrected chi connectivity index (χ1v) is 9.78. The highest BCUT2D eigenvalue weighted by Gasteiger charge is 2.20. The average Bonchev–Trinajstić information content (AvgIpc) is 2.67. The predicted octanol–water partition coefficient (Wildman–Crippen LogP) is 1.48. The van der Waals surface area contributed by atoms with E-state index in [-0.39, 0.29) is 0 Å². The average molecular weight is 309 g/mol. The smallest absolute Gasteiger partial charge is 0.0110 e. The van der Waals surface area contributed by atoms with Crippen molar-refractivity contribution in [1.29, 1.82) is 0 Å². The van der Waals surface area contributed by atoms with Crippen molar-refractivity contribution in [3.05, 3.63) is 0 Å². The monoisotopic (exact) mass is 308 g/mol. The Labute approximate surface area is 137 Å². The van der Waals surface area contributed by atoms with Gasteiger partial charge in [0.1, 0.15) is 0 Å². The van der Waals surface area contributed by atoms with E-state index in [4.69, 9.17) is 0 Å². The maximum absolute atomic E-state index is 3.60. The summed E-state index contributed by atoms with van der Waals surface area (Å²) in [7, 11) is 0. The molecule has 1 saturated carbocycles. The predicted molar refractivity (Wildman–Crippen MR) is 93.4 cm³/mol. The second-order valence-corrected chi connectivity index (χ2v) is 7.59. The van der Waals surface area contributed by atoms with Gasteiger partial charge in [0.25, 0.3) is 0 Å². The highest BCUT2D eigenvalue weighted by atomic mass is 15.2. The third kappa shape index (κ3) is 5.48. The first kappa shape index (κ1) is 16.7. The first-order valence-electron chi connectivity index (χ1n) is 9.78. The van der Waals surface area contributed by atoms with Crippen LogP contribution in [0.1, 0.15) is 38.5 Å². The zero-order chi connectivity index (χ0) is 15.0. The molecule has 3 aliphatic rings. The van der Waals surface area contributed by atoms with Crippen LogP contribution in [0.25, 0.3) is 0 Å². The Bertz CT molecular complexity index is 303. The number of hydrogen-bond donors (Lipinski definition) is 1. The van der Waals surface area contributed by atoms with Gasteiger partial charge in [-0.05, 0) is 38.3 Å². The van der Waals surface area contributed by atoms with Gasteiger partial charge in [-0.2, -0.15) is 0 Å². The van der Waals surface area contributed by atoms with Crippen LogP contribution in [0.3, 0.4) is 0 Å². The Kier molecular flexibility index (Phi) is 6.99. The Morgan fingerprint density at radius 2 is 1.32 bits per heavy atom. The molecule has 128 valence electrons. The molecule has 2 aliphatic heterocycles. The van der Waals surface area contributed by atoms with Crippen molar-refractivity contribution in [2.24, 2.45) is 5.92 Å². The van der Waals surface area contributed by atoms with Crippen molar-refractivity contribution in [2.45, 2.75) is 38.5 Å². The van der Waals surface area contributed by atoms with Crippen LogP contribution in [0.5, 0.6) is 0 Å². The Hall–Kier alpha value is -0.160. The lowest BCUT2D eigenvalue weighted by Crippen LogP contribution is -2.44. The van der Waals surface area contributed by atoms with Crippen LogP contribution >= 0.6 is 0 Å². The molecule has 2 unspecified atom stereocenters. The summed E-state index contributed by atoms with van der Waals surface area (Å²) in [5, 5.41) is 3.60. The van der Waals surface area contributed by atoms with Gasteiger partial charge in [0, 0.05) is 58.9 Å². The van der Waals surface area contributed by atoms with Crippen LogP contribution in [-0.2, 0) is 0 Å². The van der Waals surface area contributed by atoms with Crippen LogP contribution < -0.4 is 5.32 Å². The van der Waals surface area contributed by atoms with Crippen molar-refractivity contribution in [1.82, 2.24) is 20.0 Å². The summed E-state index contributed by atoms with van der Waals surface area (Å²) >= 11 is 0. The van der Waals surface area contributed by atoms with E-state index in [2.05, 4.69) is 20.0 Å². The summed E-state index contributed by atoms with van der Waals surface area (Å²) in [5.74, 6) is 0.985. The second kappa shape index (κ2) is 9.21. The molecule has 1 aliphatic carbocycles. The zero-order valence-electron chi connectivity index (χ0n) is 14.4. The van der Waals surface area contributed by atoms with Crippen molar-refractivity contribution in [2.75, 3.05) is 72.0 Å². The molecule has 0 radical (unpaired) electrons. The minimum absolute atomic E-state index is 0.985. The SMILES string of the molecule is C1CCC(CN2CCCN3CCNCCN(CC3)CC2)CC1. The number of rotatable bonds is 2. The second-order valence-electron chi connectivity index (χ2n) is 7.59. The molecule has 0 aromatic heterocycles. The van der Waals surface area contributed by atoms with Gasteiger partial charge in [0.2, 0.25) is 0 Å². The summed E-state index contributed by atoms with van der Waals surface area (Å²) in [6.07, 6.45) is 8.75. The van der Waals surface area contributed by atoms with E-state index < -0.39 is 0 Å². The van der Waals surface area contributed by atoms with E-state index in [1.807, 2.05) is 0 Å². The quantitative estimate of drug-likeness (QED) is 0.834. The fraction of sp³-hybridized carbons (Fsp3) is 1.00. The van der Waals surface area contributed by atoms with Crippen LogP contribution in [0, 0.1) is 5.92 Å². The molecule has 0 amide bonds. The maximum atomic E-state index is 3.60. The molecule has 4 heteroatoms. The molecular weight excluding hydrogens is 272 g/mol. The van der Waals surface area contributed by atoms with Crippen LogP contribution in [-0.4, -0.2) is 86.7 Å². The lowest BCUT2D eigenvalue weighted by atomic mass is 9.89. The third-order valence-electron chi connectivity index (χ3n) is 5.86. The number of fused-ring (bicyclic) bond motifs is 3. The summed E-state index contributed by atoms with van der Waals surface area (Å²) in [5.41, 5.74) is 0. The van der Waals surface area contributed by atoms with Gasteiger partial charge >= 0.3 is 0 Å². The standard InChI is InChI=1S/C18H36N4/c1-2-5-18(6-3-1)17-22-10-4-9-20-11-7-19-8-12-21(14-13-20)15-16-22/h18-19H,1-17H2. The molecule has 4 nitrogen and oxygen atoms in total. The van der Waals surface area contributed by atoms with Gasteiger partial charge in [-0.25, -0.2) is 0 Å². The van der Waals surface area contributed by atoms with E-state index >= 15 is 0 Å². The summed E-state index contributed by atoms with van der Waals surface area (Å²) in [6, 6.07) is 0. The molecule has 3 fully saturated rings. The summed E-state index contributed by atoms with van der Waals surface area (Å²) in [6.45, 7) is 13.8. The highest BCUT2D eigenvalue weighted by Crippen LogP contribution is 2.24. The van der Waals surface area contributed by atoms with E-state index in [1.165, 1.54) is 104 Å². The largest absolute Gasteiger partial charge is 0.314 e. The van der Waals surface area contributed by atoms with Crippen LogP contribution in [0.15, 0.2) is 0 Å². The Balaban J connectivity index is 1.54. The van der Waals surface area contributed by atoms with Gasteiger partial charge in [-0.15, -0.1) is 0 Å². The van der Waals surface area contributed by atoms with E-state index in [0.717, 1.165) is 12.5 Å². The molecule has 22 heavy (non-hydrogen) atoms. The van der Waals surface area contributed by atoms with E-state index in [9.17, 15) is 0 Å². The molecule has 0 aromatic rings. The van der Waals surface area contributed by atoms with Crippen molar-refractivity contribution in [3.63, 3.8) is 0 Å². The molecule has 3 rings (SSSR count). The molecule has 1 N–H and O–H groups in total. The molecule has 0 spiro atoms. The fourth-order valence-electron chi connectivity index (χ4n) is 4.38. The topological polar surface area (TPSA) is 21.8 Å². The Morgan fingerprint density at radius 1 is 0.636 bits per heavy atom. The van der Waals surface area contributed by atoms with Crippen LogP contribution in [0.2, 0.25) is 0 Å². The molecule has 2 heterocycles. The van der Waals surface area contributed by atoms with E-state index in [0.29, 0.717) is 0 Å². The van der Waals surface area contributed by atoms with Crippen molar-refractivity contribution in [3.8, 4) is 0 Å². The summed E-state index contributed by atoms with van der Waals surface area (Å²) < 4.78 is 0. The van der Waals surface area contributed by atoms with Gasteiger partial charge in [0.05, 0.1) is 0 Å². The molecule has 2 saturated heterocycles. The van der Waals surface area contributed by atoms with Gasteiger partial charge in [0.15, 0.2) is 0 Å². The number of nitrogens with zero attached hydrogens (tertiary/aromatic N) is 3. The highest BCUT2D eigenvalue weighted by molar-refractivity contribution is 4.76. The molecular formula is C18H36N4. The first-order chi connectivity index (χ1) is 10.9. The lowest BCUT2D eigenvalue weighted by Gasteiger charge is -2.34. The lowest BCUT2D eigenvalue weighted by molar-refractivity contribution is 0.138. The minimum Gasteiger partial charge on any atom is -0.314 e. The van der Waals surface area contributed by atoms with Crippen LogP contribution in [0.4, 0.5) is 0 Å². The third-order valence-corrected chi connectivity index (χ3v) is 5.86.